The van der Waals surface area contributed by atoms with Gasteiger partial charge in [0.05, 0.1) is 5.56 Å². The number of carboxylic acid groups (broad SMARTS) is 1. The minimum atomic E-state index is -0.868. The molecule has 0 spiro atoms. The number of nitrogens with one attached hydrogen (secondary N) is 1. The fourth-order valence-electron chi connectivity index (χ4n) is 3.04. The van der Waals surface area contributed by atoms with Crippen molar-refractivity contribution >= 4 is 11.7 Å². The molecular weight excluding hydrogens is 226 g/mol. The maximum atomic E-state index is 10.9. The highest BCUT2D eigenvalue weighted by Crippen LogP contribution is 2.44. The zero-order valence-electron chi connectivity index (χ0n) is 10.4. The van der Waals surface area contributed by atoms with Gasteiger partial charge in [0.25, 0.3) is 0 Å². The van der Waals surface area contributed by atoms with Crippen LogP contribution in [-0.4, -0.2) is 17.1 Å². The minimum absolute atomic E-state index is 0.352. The second kappa shape index (κ2) is 4.16. The van der Waals surface area contributed by atoms with E-state index in [-0.39, 0.29) is 0 Å². The standard InChI is InChI=1S/C15H17NO2/c1-9-7-11(15(17)18)5-6-13(9)16-14-8-10-3-2-4-12(10)14/h2,4-7,10,12,14,16H,3,8H2,1H3,(H,17,18). The van der Waals surface area contributed by atoms with Crippen LogP contribution in [0.25, 0.3) is 0 Å². The molecule has 94 valence electrons. The summed E-state index contributed by atoms with van der Waals surface area (Å²) in [7, 11) is 0. The number of rotatable bonds is 3. The number of hydrogen-bond donors (Lipinski definition) is 2. The Bertz CT molecular complexity index is 521. The third-order valence-corrected chi connectivity index (χ3v) is 4.18. The Kier molecular flexibility index (Phi) is 2.62. The summed E-state index contributed by atoms with van der Waals surface area (Å²) in [6.07, 6.45) is 7.03. The second-order valence-electron chi connectivity index (χ2n) is 5.32. The van der Waals surface area contributed by atoms with Crippen molar-refractivity contribution in [1.82, 2.24) is 0 Å². The first-order valence-corrected chi connectivity index (χ1v) is 6.42. The van der Waals surface area contributed by atoms with Crippen LogP contribution in [0, 0.1) is 18.8 Å². The van der Waals surface area contributed by atoms with Crippen LogP contribution in [0.1, 0.15) is 28.8 Å². The van der Waals surface area contributed by atoms with Crippen LogP contribution in [0.15, 0.2) is 30.4 Å². The quantitative estimate of drug-likeness (QED) is 0.802. The zero-order valence-corrected chi connectivity index (χ0v) is 10.4. The third-order valence-electron chi connectivity index (χ3n) is 4.18. The van der Waals surface area contributed by atoms with E-state index in [0.29, 0.717) is 17.5 Å². The molecular formula is C15H17NO2. The highest BCUT2D eigenvalue weighted by Gasteiger charge is 2.40. The Hall–Kier alpha value is -1.77. The molecule has 18 heavy (non-hydrogen) atoms. The number of anilines is 1. The van der Waals surface area contributed by atoms with Crippen molar-refractivity contribution in [2.45, 2.75) is 25.8 Å². The summed E-state index contributed by atoms with van der Waals surface area (Å²) in [6, 6.07) is 5.79. The lowest BCUT2D eigenvalue weighted by molar-refractivity contribution is 0.0697. The van der Waals surface area contributed by atoms with E-state index in [1.54, 1.807) is 12.1 Å². The maximum absolute atomic E-state index is 10.9. The lowest BCUT2D eigenvalue weighted by Gasteiger charge is -2.41. The minimum Gasteiger partial charge on any atom is -0.478 e. The normalized spacial score (nSPS) is 28.6. The van der Waals surface area contributed by atoms with Gasteiger partial charge in [-0.2, -0.15) is 0 Å². The molecule has 1 fully saturated rings. The number of carbonyl (C=O) groups is 1. The van der Waals surface area contributed by atoms with Crippen LogP contribution in [0.5, 0.6) is 0 Å². The fourth-order valence-corrected chi connectivity index (χ4v) is 3.04. The van der Waals surface area contributed by atoms with E-state index in [4.69, 9.17) is 5.11 Å². The Morgan fingerprint density at radius 2 is 2.28 bits per heavy atom. The van der Waals surface area contributed by atoms with Crippen molar-refractivity contribution in [3.05, 3.63) is 41.5 Å². The molecule has 3 atom stereocenters. The topological polar surface area (TPSA) is 49.3 Å². The van der Waals surface area contributed by atoms with Crippen LogP contribution in [0.3, 0.4) is 0 Å². The van der Waals surface area contributed by atoms with Crippen molar-refractivity contribution in [1.29, 1.82) is 0 Å². The van der Waals surface area contributed by atoms with Crippen molar-refractivity contribution in [3.63, 3.8) is 0 Å². The molecule has 3 heteroatoms. The molecule has 2 N–H and O–H groups in total. The Labute approximate surface area is 107 Å². The smallest absolute Gasteiger partial charge is 0.335 e. The molecule has 1 aromatic rings. The molecule has 0 bridgehead atoms. The van der Waals surface area contributed by atoms with E-state index in [9.17, 15) is 4.79 Å². The highest BCUT2D eigenvalue weighted by molar-refractivity contribution is 5.88. The van der Waals surface area contributed by atoms with Gasteiger partial charge in [-0.05, 0) is 49.4 Å². The van der Waals surface area contributed by atoms with Gasteiger partial charge in [-0.1, -0.05) is 12.2 Å². The largest absolute Gasteiger partial charge is 0.478 e. The number of allylic oxidation sites excluding steroid dienone is 1. The number of carboxylic acids is 1. The first-order valence-electron chi connectivity index (χ1n) is 6.42. The molecule has 2 aliphatic carbocycles. The van der Waals surface area contributed by atoms with Gasteiger partial charge in [0.15, 0.2) is 0 Å². The second-order valence-corrected chi connectivity index (χ2v) is 5.32. The van der Waals surface area contributed by atoms with Crippen molar-refractivity contribution in [2.75, 3.05) is 5.32 Å². The maximum Gasteiger partial charge on any atom is 0.335 e. The van der Waals surface area contributed by atoms with Crippen LogP contribution in [0.4, 0.5) is 5.69 Å². The van der Waals surface area contributed by atoms with E-state index in [1.165, 1.54) is 12.8 Å². The van der Waals surface area contributed by atoms with Crippen LogP contribution in [0.2, 0.25) is 0 Å². The van der Waals surface area contributed by atoms with Crippen molar-refractivity contribution in [3.8, 4) is 0 Å². The number of fused-ring (bicyclic) bond motifs is 1. The average Bonchev–Trinajstić information content (AvgIpc) is 2.69. The van der Waals surface area contributed by atoms with Gasteiger partial charge in [-0.3, -0.25) is 0 Å². The predicted molar refractivity (Wildman–Crippen MR) is 70.9 cm³/mol. The van der Waals surface area contributed by atoms with Crippen LogP contribution < -0.4 is 5.32 Å². The number of hydrogen-bond acceptors (Lipinski definition) is 2. The van der Waals surface area contributed by atoms with E-state index in [1.807, 2.05) is 13.0 Å². The van der Waals surface area contributed by atoms with Gasteiger partial charge in [0.2, 0.25) is 0 Å². The number of aromatic carboxylic acids is 1. The molecule has 0 radical (unpaired) electrons. The molecule has 0 aliphatic heterocycles. The SMILES string of the molecule is Cc1cc(C(=O)O)ccc1NC1CC2CC=CC21. The van der Waals surface area contributed by atoms with Crippen molar-refractivity contribution in [2.24, 2.45) is 11.8 Å². The molecule has 0 amide bonds. The summed E-state index contributed by atoms with van der Waals surface area (Å²) < 4.78 is 0. The van der Waals surface area contributed by atoms with E-state index >= 15 is 0 Å². The highest BCUT2D eigenvalue weighted by atomic mass is 16.4. The summed E-state index contributed by atoms with van der Waals surface area (Å²) in [5.41, 5.74) is 2.41. The third kappa shape index (κ3) is 1.80. The lowest BCUT2D eigenvalue weighted by atomic mass is 9.71. The van der Waals surface area contributed by atoms with Gasteiger partial charge < -0.3 is 10.4 Å². The number of benzene rings is 1. The van der Waals surface area contributed by atoms with Gasteiger partial charge >= 0.3 is 5.97 Å². The van der Waals surface area contributed by atoms with Gasteiger partial charge in [-0.15, -0.1) is 0 Å². The summed E-state index contributed by atoms with van der Waals surface area (Å²) in [5, 5.41) is 12.5. The zero-order chi connectivity index (χ0) is 12.7. The molecule has 0 saturated heterocycles. The molecule has 1 aromatic carbocycles. The van der Waals surface area contributed by atoms with Crippen LogP contribution in [-0.2, 0) is 0 Å². The van der Waals surface area contributed by atoms with Gasteiger partial charge in [0, 0.05) is 17.6 Å². The lowest BCUT2D eigenvalue weighted by Crippen LogP contribution is -2.43. The average molecular weight is 243 g/mol. The molecule has 0 aromatic heterocycles. The Morgan fingerprint density at radius 3 is 2.94 bits per heavy atom. The molecule has 2 aliphatic rings. The Morgan fingerprint density at radius 1 is 1.44 bits per heavy atom. The summed E-state index contributed by atoms with van der Waals surface area (Å²) in [4.78, 5) is 10.9. The first-order chi connectivity index (χ1) is 8.65. The Balaban J connectivity index is 1.73. The molecule has 1 saturated carbocycles. The number of aryl methyl sites for hydroxylation is 1. The van der Waals surface area contributed by atoms with Crippen molar-refractivity contribution < 1.29 is 9.90 Å². The summed E-state index contributed by atoms with van der Waals surface area (Å²) in [5.74, 6) is 0.636. The van der Waals surface area contributed by atoms with E-state index in [0.717, 1.165) is 17.2 Å². The predicted octanol–water partition coefficient (Wildman–Crippen LogP) is 3.07. The van der Waals surface area contributed by atoms with Crippen LogP contribution >= 0.6 is 0 Å². The molecule has 3 nitrogen and oxygen atoms in total. The van der Waals surface area contributed by atoms with Gasteiger partial charge in [0.1, 0.15) is 0 Å². The van der Waals surface area contributed by atoms with E-state index in [2.05, 4.69) is 17.5 Å². The van der Waals surface area contributed by atoms with E-state index < -0.39 is 5.97 Å². The fraction of sp³-hybridized carbons (Fsp3) is 0.400. The first kappa shape index (κ1) is 11.3. The summed E-state index contributed by atoms with van der Waals surface area (Å²) in [6.45, 7) is 1.95. The molecule has 0 heterocycles. The monoisotopic (exact) mass is 243 g/mol. The summed E-state index contributed by atoms with van der Waals surface area (Å²) >= 11 is 0. The molecule has 3 unspecified atom stereocenters. The molecule has 3 rings (SSSR count). The van der Waals surface area contributed by atoms with Gasteiger partial charge in [-0.25, -0.2) is 4.79 Å².